The number of morpholine rings is 1. The Balaban J connectivity index is 0.00000261. The quantitative estimate of drug-likeness (QED) is 0.266. The monoisotopic (exact) mass is 494 g/mol. The minimum absolute atomic E-state index is 0. The summed E-state index contributed by atoms with van der Waals surface area (Å²) >= 11 is 0. The van der Waals surface area contributed by atoms with Gasteiger partial charge < -0.3 is 24.6 Å². The van der Waals surface area contributed by atoms with E-state index in [1.54, 1.807) is 0 Å². The Bertz CT molecular complexity index is 438. The number of aliphatic imine (C=N–C) groups is 1. The van der Waals surface area contributed by atoms with E-state index in [0.717, 1.165) is 57.6 Å². The van der Waals surface area contributed by atoms with E-state index >= 15 is 0 Å². The molecule has 3 fully saturated rings. The van der Waals surface area contributed by atoms with E-state index in [4.69, 9.17) is 9.47 Å². The maximum atomic E-state index is 5.95. The van der Waals surface area contributed by atoms with Crippen LogP contribution < -0.4 is 5.32 Å². The Hall–Kier alpha value is -0.120. The second kappa shape index (κ2) is 12.4. The summed E-state index contributed by atoms with van der Waals surface area (Å²) in [6, 6.07) is 0. The van der Waals surface area contributed by atoms with Gasteiger partial charge in [0.1, 0.15) is 6.10 Å². The van der Waals surface area contributed by atoms with E-state index in [2.05, 4.69) is 27.0 Å². The van der Waals surface area contributed by atoms with Crippen LogP contribution in [0.3, 0.4) is 0 Å². The summed E-state index contributed by atoms with van der Waals surface area (Å²) in [6.45, 7) is 10.6. The third-order valence-electron chi connectivity index (χ3n) is 6.04. The van der Waals surface area contributed by atoms with Gasteiger partial charge >= 0.3 is 0 Å². The van der Waals surface area contributed by atoms with Crippen LogP contribution in [0.4, 0.5) is 0 Å². The first-order valence-corrected chi connectivity index (χ1v) is 10.7. The fraction of sp³-hybridized carbons (Fsp3) is 0.950. The van der Waals surface area contributed by atoms with Crippen LogP contribution in [-0.4, -0.2) is 87.5 Å². The number of nitrogens with zero attached hydrogens (tertiary/aromatic N) is 3. The topological polar surface area (TPSA) is 49.3 Å². The zero-order valence-corrected chi connectivity index (χ0v) is 19.5. The molecule has 0 radical (unpaired) electrons. The van der Waals surface area contributed by atoms with Crippen molar-refractivity contribution in [3.8, 4) is 0 Å². The van der Waals surface area contributed by atoms with Crippen molar-refractivity contribution in [3.63, 3.8) is 0 Å². The maximum absolute atomic E-state index is 5.95. The lowest BCUT2D eigenvalue weighted by atomic mass is 9.99. The summed E-state index contributed by atoms with van der Waals surface area (Å²) in [5, 5.41) is 3.56. The fourth-order valence-corrected chi connectivity index (χ4v) is 4.27. The van der Waals surface area contributed by atoms with Gasteiger partial charge in [0.15, 0.2) is 5.96 Å². The molecule has 3 heterocycles. The number of hydrogen-bond acceptors (Lipinski definition) is 4. The van der Waals surface area contributed by atoms with Gasteiger partial charge in [0, 0.05) is 33.3 Å². The molecule has 3 saturated heterocycles. The smallest absolute Gasteiger partial charge is 0.193 e. The van der Waals surface area contributed by atoms with Gasteiger partial charge in [-0.15, -0.1) is 24.0 Å². The molecule has 0 aromatic heterocycles. The first kappa shape index (κ1) is 23.2. The molecule has 3 rings (SSSR count). The molecule has 158 valence electrons. The van der Waals surface area contributed by atoms with E-state index < -0.39 is 0 Å². The molecule has 0 bridgehead atoms. The fourth-order valence-electron chi connectivity index (χ4n) is 4.27. The van der Waals surface area contributed by atoms with Crippen LogP contribution in [0.25, 0.3) is 0 Å². The van der Waals surface area contributed by atoms with E-state index in [1.165, 1.54) is 45.3 Å². The lowest BCUT2D eigenvalue weighted by Crippen LogP contribution is -2.53. The molecular weight excluding hydrogens is 455 g/mol. The maximum Gasteiger partial charge on any atom is 0.193 e. The molecule has 1 N–H and O–H groups in total. The number of likely N-dealkylation sites (tertiary alicyclic amines) is 1. The van der Waals surface area contributed by atoms with Crippen molar-refractivity contribution in [1.29, 1.82) is 0 Å². The first-order chi connectivity index (χ1) is 12.8. The van der Waals surface area contributed by atoms with Crippen LogP contribution in [0.1, 0.15) is 45.4 Å². The molecule has 2 atom stereocenters. The Labute approximate surface area is 182 Å². The Kier molecular flexibility index (Phi) is 10.7. The molecule has 0 spiro atoms. The van der Waals surface area contributed by atoms with Crippen molar-refractivity contribution >= 4 is 29.9 Å². The van der Waals surface area contributed by atoms with Crippen molar-refractivity contribution in [2.45, 2.75) is 57.7 Å². The van der Waals surface area contributed by atoms with Gasteiger partial charge in [0.05, 0.1) is 12.7 Å². The molecule has 0 saturated carbocycles. The average Bonchev–Trinajstić information content (AvgIpc) is 3.21. The van der Waals surface area contributed by atoms with E-state index in [-0.39, 0.29) is 36.2 Å². The highest BCUT2D eigenvalue weighted by atomic mass is 127. The van der Waals surface area contributed by atoms with E-state index in [0.29, 0.717) is 0 Å². The molecular formula is C20H39IN4O2. The van der Waals surface area contributed by atoms with Crippen molar-refractivity contribution in [1.82, 2.24) is 15.1 Å². The summed E-state index contributed by atoms with van der Waals surface area (Å²) in [7, 11) is 1.88. The van der Waals surface area contributed by atoms with Crippen LogP contribution in [-0.2, 0) is 9.47 Å². The minimum Gasteiger partial charge on any atom is -0.375 e. The van der Waals surface area contributed by atoms with E-state index in [9.17, 15) is 0 Å². The van der Waals surface area contributed by atoms with Crippen LogP contribution in [0.5, 0.6) is 0 Å². The van der Waals surface area contributed by atoms with Gasteiger partial charge in [-0.3, -0.25) is 4.99 Å². The summed E-state index contributed by atoms with van der Waals surface area (Å²) in [6.07, 6.45) is 7.94. The van der Waals surface area contributed by atoms with Crippen LogP contribution >= 0.6 is 24.0 Å². The molecule has 3 aliphatic rings. The van der Waals surface area contributed by atoms with Crippen LogP contribution in [0, 0.1) is 5.92 Å². The lowest BCUT2D eigenvalue weighted by molar-refractivity contribution is -0.0816. The number of guanidine groups is 1. The predicted octanol–water partition coefficient (Wildman–Crippen LogP) is 2.57. The van der Waals surface area contributed by atoms with E-state index in [1.807, 2.05) is 7.05 Å². The molecule has 0 aliphatic carbocycles. The number of ether oxygens (including phenoxy) is 2. The number of halogens is 1. The number of piperidine rings is 1. The van der Waals surface area contributed by atoms with Gasteiger partial charge in [-0.05, 0) is 64.1 Å². The van der Waals surface area contributed by atoms with Gasteiger partial charge in [0.25, 0.3) is 0 Å². The van der Waals surface area contributed by atoms with Crippen LogP contribution in [0.2, 0.25) is 0 Å². The van der Waals surface area contributed by atoms with Gasteiger partial charge in [-0.25, -0.2) is 0 Å². The van der Waals surface area contributed by atoms with Crippen LogP contribution in [0.15, 0.2) is 4.99 Å². The largest absolute Gasteiger partial charge is 0.375 e. The molecule has 3 aliphatic heterocycles. The highest BCUT2D eigenvalue weighted by Crippen LogP contribution is 2.21. The summed E-state index contributed by atoms with van der Waals surface area (Å²) in [5.74, 6) is 1.94. The molecule has 0 aromatic rings. The van der Waals surface area contributed by atoms with Crippen molar-refractivity contribution in [3.05, 3.63) is 0 Å². The third kappa shape index (κ3) is 7.33. The van der Waals surface area contributed by atoms with Crippen molar-refractivity contribution in [2.24, 2.45) is 10.9 Å². The second-order valence-corrected chi connectivity index (χ2v) is 8.11. The van der Waals surface area contributed by atoms with Gasteiger partial charge in [0.2, 0.25) is 0 Å². The lowest BCUT2D eigenvalue weighted by Gasteiger charge is -2.37. The Morgan fingerprint density at radius 1 is 1.04 bits per heavy atom. The highest BCUT2D eigenvalue weighted by Gasteiger charge is 2.32. The number of nitrogens with one attached hydrogen (secondary N) is 1. The Morgan fingerprint density at radius 2 is 1.81 bits per heavy atom. The third-order valence-corrected chi connectivity index (χ3v) is 6.04. The van der Waals surface area contributed by atoms with Crippen molar-refractivity contribution in [2.75, 3.05) is 59.5 Å². The molecule has 6 nitrogen and oxygen atoms in total. The predicted molar refractivity (Wildman–Crippen MR) is 121 cm³/mol. The molecule has 0 aromatic carbocycles. The molecule has 0 amide bonds. The summed E-state index contributed by atoms with van der Waals surface area (Å²) < 4.78 is 11.8. The summed E-state index contributed by atoms with van der Waals surface area (Å²) in [5.41, 5.74) is 0. The van der Waals surface area contributed by atoms with Crippen molar-refractivity contribution < 1.29 is 9.47 Å². The second-order valence-electron chi connectivity index (χ2n) is 8.11. The SMILES string of the molecule is CN=C(NCCCCN1CCC(C)CC1)N1CCOC(C2CCCO2)C1.I. The van der Waals surface area contributed by atoms with Gasteiger partial charge in [-0.2, -0.15) is 0 Å². The van der Waals surface area contributed by atoms with Gasteiger partial charge in [-0.1, -0.05) is 6.92 Å². The minimum atomic E-state index is 0. The summed E-state index contributed by atoms with van der Waals surface area (Å²) in [4.78, 5) is 9.46. The molecule has 7 heteroatoms. The average molecular weight is 494 g/mol. The highest BCUT2D eigenvalue weighted by molar-refractivity contribution is 14.0. The number of unbranched alkanes of at least 4 members (excludes halogenated alkanes) is 1. The standard InChI is InChI=1S/C20H38N4O2.HI/c1-17-7-11-23(12-8-17)10-4-3-9-22-20(21-2)24-13-15-26-19(16-24)18-6-5-14-25-18;/h17-19H,3-16H2,1-2H3,(H,21,22);1H. The zero-order valence-electron chi connectivity index (χ0n) is 17.2. The number of rotatable bonds is 6. The first-order valence-electron chi connectivity index (χ1n) is 10.7. The molecule has 27 heavy (non-hydrogen) atoms. The zero-order chi connectivity index (χ0) is 18.2. The molecule has 2 unspecified atom stereocenters. The normalized spacial score (nSPS) is 28.2. The Morgan fingerprint density at radius 3 is 2.52 bits per heavy atom. The number of hydrogen-bond donors (Lipinski definition) is 1.